The molecule has 0 radical (unpaired) electrons. The zero-order valence-electron chi connectivity index (χ0n) is 15.0. The molecule has 0 amide bonds. The number of alkyl halides is 2. The van der Waals surface area contributed by atoms with Gasteiger partial charge in [-0.25, -0.2) is 0 Å². The average molecular weight is 390 g/mol. The van der Waals surface area contributed by atoms with Crippen molar-refractivity contribution in [2.75, 3.05) is 7.11 Å². The number of benzene rings is 1. The minimum atomic E-state index is -3.09. The number of carboxylic acid groups (broad SMARTS) is 1. The summed E-state index contributed by atoms with van der Waals surface area (Å²) in [6, 6.07) is 6.87. The van der Waals surface area contributed by atoms with Gasteiger partial charge in [0, 0.05) is 23.3 Å². The van der Waals surface area contributed by atoms with Crippen LogP contribution in [-0.2, 0) is 11.2 Å². The molecule has 0 saturated carbocycles. The van der Waals surface area contributed by atoms with Crippen molar-refractivity contribution in [3.63, 3.8) is 0 Å². The lowest BCUT2D eigenvalue weighted by molar-refractivity contribution is -0.136. The van der Waals surface area contributed by atoms with Crippen molar-refractivity contribution in [3.8, 4) is 5.75 Å². The van der Waals surface area contributed by atoms with Crippen LogP contribution < -0.4 is 10.3 Å². The van der Waals surface area contributed by atoms with E-state index in [4.69, 9.17) is 4.74 Å². The van der Waals surface area contributed by atoms with E-state index in [9.17, 15) is 28.3 Å². The summed E-state index contributed by atoms with van der Waals surface area (Å²) < 4.78 is 32.6. The van der Waals surface area contributed by atoms with Gasteiger partial charge in [0.2, 0.25) is 0 Å². The summed E-state index contributed by atoms with van der Waals surface area (Å²) in [6.45, 7) is -1.51. The summed E-state index contributed by atoms with van der Waals surface area (Å²) in [5.41, 5.74) is 0.131. The third-order valence-electron chi connectivity index (χ3n) is 4.47. The van der Waals surface area contributed by atoms with E-state index >= 15 is 0 Å². The lowest BCUT2D eigenvalue weighted by Crippen LogP contribution is -2.23. The molecule has 146 valence electrons. The van der Waals surface area contributed by atoms with Crippen molar-refractivity contribution in [3.05, 3.63) is 63.7 Å². The van der Waals surface area contributed by atoms with Crippen molar-refractivity contribution < 1.29 is 28.2 Å². The van der Waals surface area contributed by atoms with Crippen LogP contribution in [0.2, 0.25) is 0 Å². The molecule has 2 aromatic heterocycles. The predicted octanol–water partition coefficient (Wildman–Crippen LogP) is 2.83. The molecule has 0 unspecified atom stereocenters. The van der Waals surface area contributed by atoms with Crippen LogP contribution in [-0.4, -0.2) is 33.2 Å². The summed E-state index contributed by atoms with van der Waals surface area (Å²) in [6.07, 6.45) is 0.466. The Balaban J connectivity index is 2.24. The second-order valence-corrected chi connectivity index (χ2v) is 6.10. The molecule has 7 nitrogen and oxygen atoms in total. The quantitative estimate of drug-likeness (QED) is 0.724. The summed E-state index contributed by atoms with van der Waals surface area (Å²) in [5.74, 6) is -1.25. The van der Waals surface area contributed by atoms with Gasteiger partial charge in [0.15, 0.2) is 0 Å². The van der Waals surface area contributed by atoms with Gasteiger partial charge in [-0.1, -0.05) is 0 Å². The first-order valence-corrected chi connectivity index (χ1v) is 8.19. The van der Waals surface area contributed by atoms with Gasteiger partial charge in [-0.15, -0.1) is 0 Å². The highest BCUT2D eigenvalue weighted by atomic mass is 19.3. The molecule has 0 bridgehead atoms. The van der Waals surface area contributed by atoms with Gasteiger partial charge < -0.3 is 9.84 Å². The highest BCUT2D eigenvalue weighted by Gasteiger charge is 2.22. The van der Waals surface area contributed by atoms with Crippen molar-refractivity contribution in [2.45, 2.75) is 19.9 Å². The fraction of sp³-hybridized carbons (Fsp3) is 0.211. The Hall–Kier alpha value is -3.49. The largest absolute Gasteiger partial charge is 0.497 e. The molecule has 3 rings (SSSR count). The van der Waals surface area contributed by atoms with E-state index in [-0.39, 0.29) is 16.6 Å². The van der Waals surface area contributed by atoms with E-state index in [1.54, 1.807) is 25.1 Å². The Bertz CT molecular complexity index is 1150. The number of ether oxygens (including phenoxy) is 1. The first kappa shape index (κ1) is 19.3. The number of carboxylic acids is 1. The zero-order chi connectivity index (χ0) is 20.6. The monoisotopic (exact) mass is 390 g/mol. The Morgan fingerprint density at radius 3 is 2.54 bits per heavy atom. The van der Waals surface area contributed by atoms with E-state index in [2.05, 4.69) is 0 Å². The van der Waals surface area contributed by atoms with Crippen LogP contribution in [0.25, 0.3) is 10.9 Å². The van der Waals surface area contributed by atoms with Crippen LogP contribution in [0.4, 0.5) is 8.78 Å². The van der Waals surface area contributed by atoms with Gasteiger partial charge in [-0.2, -0.15) is 8.78 Å². The molecule has 28 heavy (non-hydrogen) atoms. The standard InChI is InChI=1S/C19H16F2N2O5/c1-10-13(8-17(25)26)14-7-12(28-2)4-5-15(14)23(10)18(27)11-3-6-16(24)22(9-11)19(20)21/h3-7,9,19H,8H2,1-2H3,(H,25,26). The molecule has 9 heteroatoms. The minimum absolute atomic E-state index is 0.127. The Kier molecular flexibility index (Phi) is 5.00. The van der Waals surface area contributed by atoms with E-state index in [0.717, 1.165) is 18.3 Å². The van der Waals surface area contributed by atoms with Gasteiger partial charge >= 0.3 is 12.5 Å². The maximum absolute atomic E-state index is 13.0. The van der Waals surface area contributed by atoms with Crippen LogP contribution in [0.5, 0.6) is 5.75 Å². The second-order valence-electron chi connectivity index (χ2n) is 6.10. The number of rotatable bonds is 5. The number of halogens is 2. The predicted molar refractivity (Wildman–Crippen MR) is 96.3 cm³/mol. The van der Waals surface area contributed by atoms with Crippen LogP contribution in [0.1, 0.15) is 28.2 Å². The molecule has 0 spiro atoms. The van der Waals surface area contributed by atoms with Gasteiger partial charge in [0.05, 0.1) is 24.6 Å². The van der Waals surface area contributed by atoms with Gasteiger partial charge in [0.1, 0.15) is 5.75 Å². The SMILES string of the molecule is COc1ccc2c(c1)c(CC(=O)O)c(C)n2C(=O)c1ccc(=O)n(C(F)F)c1. The molecule has 0 aliphatic carbocycles. The first-order valence-electron chi connectivity index (χ1n) is 8.19. The van der Waals surface area contributed by atoms with E-state index < -0.39 is 24.0 Å². The summed E-state index contributed by atoms with van der Waals surface area (Å²) in [5, 5.41) is 9.73. The lowest BCUT2D eigenvalue weighted by Gasteiger charge is -2.10. The van der Waals surface area contributed by atoms with Crippen LogP contribution in [0.15, 0.2) is 41.3 Å². The highest BCUT2D eigenvalue weighted by molar-refractivity contribution is 6.04. The molecule has 0 aliphatic heterocycles. The average Bonchev–Trinajstić information content (AvgIpc) is 2.92. The lowest BCUT2D eigenvalue weighted by atomic mass is 10.1. The fourth-order valence-corrected chi connectivity index (χ4v) is 3.14. The number of carbonyl (C=O) groups is 2. The van der Waals surface area contributed by atoms with Crippen molar-refractivity contribution >= 4 is 22.8 Å². The molecule has 2 heterocycles. The van der Waals surface area contributed by atoms with Crippen LogP contribution in [0.3, 0.4) is 0 Å². The topological polar surface area (TPSA) is 90.5 Å². The Labute approximate surface area is 157 Å². The van der Waals surface area contributed by atoms with Crippen molar-refractivity contribution in [1.82, 2.24) is 9.13 Å². The third kappa shape index (κ3) is 3.26. The van der Waals surface area contributed by atoms with Crippen molar-refractivity contribution in [1.29, 1.82) is 0 Å². The molecule has 0 atom stereocenters. The van der Waals surface area contributed by atoms with Crippen LogP contribution in [0, 0.1) is 6.92 Å². The number of hydrogen-bond donors (Lipinski definition) is 1. The minimum Gasteiger partial charge on any atom is -0.497 e. The smallest absolute Gasteiger partial charge is 0.321 e. The van der Waals surface area contributed by atoms with Crippen molar-refractivity contribution in [2.24, 2.45) is 0 Å². The summed E-state index contributed by atoms with van der Waals surface area (Å²) >= 11 is 0. The summed E-state index contributed by atoms with van der Waals surface area (Å²) in [4.78, 5) is 35.9. The molecule has 0 aliphatic rings. The number of methoxy groups -OCH3 is 1. The Morgan fingerprint density at radius 2 is 1.93 bits per heavy atom. The van der Waals surface area contributed by atoms with E-state index in [0.29, 0.717) is 27.9 Å². The number of aromatic nitrogens is 2. The highest BCUT2D eigenvalue weighted by Crippen LogP contribution is 2.30. The molecule has 1 aromatic carbocycles. The van der Waals surface area contributed by atoms with Gasteiger partial charge in [0.25, 0.3) is 11.5 Å². The normalized spacial score (nSPS) is 11.2. The zero-order valence-corrected chi connectivity index (χ0v) is 15.0. The second kappa shape index (κ2) is 7.26. The molecular weight excluding hydrogens is 374 g/mol. The number of aliphatic carboxylic acids is 1. The molecular formula is C19H16F2N2O5. The molecule has 3 aromatic rings. The van der Waals surface area contributed by atoms with Crippen LogP contribution >= 0.6 is 0 Å². The number of carbonyl (C=O) groups excluding carboxylic acids is 1. The molecule has 1 N–H and O–H groups in total. The van der Waals surface area contributed by atoms with E-state index in [1.165, 1.54) is 11.7 Å². The van der Waals surface area contributed by atoms with Gasteiger partial charge in [-0.05, 0) is 36.8 Å². The number of pyridine rings is 1. The maximum Gasteiger partial charge on any atom is 0.321 e. The number of nitrogens with zero attached hydrogens (tertiary/aromatic N) is 2. The Morgan fingerprint density at radius 1 is 1.21 bits per heavy atom. The number of hydrogen-bond acceptors (Lipinski definition) is 4. The summed E-state index contributed by atoms with van der Waals surface area (Å²) in [7, 11) is 1.46. The third-order valence-corrected chi connectivity index (χ3v) is 4.47. The maximum atomic E-state index is 13.0. The van der Waals surface area contributed by atoms with E-state index in [1.807, 2.05) is 0 Å². The molecule has 0 saturated heterocycles. The number of fused-ring (bicyclic) bond motifs is 1. The fourth-order valence-electron chi connectivity index (χ4n) is 3.14. The first-order chi connectivity index (χ1) is 13.2. The molecule has 0 fully saturated rings. The van der Waals surface area contributed by atoms with Gasteiger partial charge in [-0.3, -0.25) is 23.5 Å².